The molecule has 0 aliphatic carbocycles. The van der Waals surface area contributed by atoms with Crippen LogP contribution in [0.1, 0.15) is 35.6 Å². The van der Waals surface area contributed by atoms with Gasteiger partial charge in [0.05, 0.1) is 11.5 Å². The minimum absolute atomic E-state index is 0.0831. The Bertz CT molecular complexity index is 1510. The first-order valence-electron chi connectivity index (χ1n) is 12.6. The van der Waals surface area contributed by atoms with E-state index in [1.54, 1.807) is 6.92 Å². The minimum Gasteiger partial charge on any atom is -0.349 e. The van der Waals surface area contributed by atoms with Crippen LogP contribution >= 0.6 is 0 Å². The number of sulfone groups is 1. The fraction of sp³-hybridized carbons (Fsp3) is 0.357. The van der Waals surface area contributed by atoms with E-state index in [2.05, 4.69) is 10.1 Å². The Morgan fingerprint density at radius 1 is 0.857 bits per heavy atom. The molecule has 1 atom stereocenters. The molecule has 3 aromatic carbocycles. The summed E-state index contributed by atoms with van der Waals surface area (Å²) in [5.74, 6) is -3.45. The zero-order chi connectivity index (χ0) is 31.1. The van der Waals surface area contributed by atoms with Crippen LogP contribution in [-0.4, -0.2) is 33.9 Å². The van der Waals surface area contributed by atoms with Gasteiger partial charge in [0.25, 0.3) is 5.60 Å². The summed E-state index contributed by atoms with van der Waals surface area (Å²) in [7, 11) is -4.35. The molecule has 0 amide bonds. The molecule has 0 bridgehead atoms. The van der Waals surface area contributed by atoms with Crippen molar-refractivity contribution in [3.05, 3.63) is 100 Å². The molecular formula is C28H24F9NO3S. The third-order valence-electron chi connectivity index (χ3n) is 7.45. The predicted octanol–water partition coefficient (Wildman–Crippen LogP) is 6.87. The molecule has 0 aromatic heterocycles. The van der Waals surface area contributed by atoms with E-state index in [-0.39, 0.29) is 42.0 Å². The minimum atomic E-state index is -6.15. The van der Waals surface area contributed by atoms with Crippen LogP contribution in [0.4, 0.5) is 39.5 Å². The number of benzene rings is 3. The van der Waals surface area contributed by atoms with E-state index < -0.39 is 67.7 Å². The maximum atomic E-state index is 14.3. The van der Waals surface area contributed by atoms with Crippen LogP contribution in [-0.2, 0) is 37.9 Å². The number of rotatable bonds is 8. The first-order chi connectivity index (χ1) is 19.5. The molecule has 14 heteroatoms. The van der Waals surface area contributed by atoms with Gasteiger partial charge in [0.1, 0.15) is 22.2 Å². The van der Waals surface area contributed by atoms with Gasteiger partial charge in [-0.25, -0.2) is 21.6 Å². The zero-order valence-corrected chi connectivity index (χ0v) is 22.7. The fourth-order valence-corrected chi connectivity index (χ4v) is 7.21. The van der Waals surface area contributed by atoms with Crippen molar-refractivity contribution in [2.45, 2.75) is 54.0 Å². The monoisotopic (exact) mass is 625 g/mol. The molecule has 4 rings (SSSR count). The topological polar surface area (TPSA) is 55.4 Å². The highest BCUT2D eigenvalue weighted by Gasteiger charge is 2.73. The molecule has 0 radical (unpaired) electrons. The van der Waals surface area contributed by atoms with E-state index in [1.165, 1.54) is 0 Å². The highest BCUT2D eigenvalue weighted by molar-refractivity contribution is 7.92. The van der Waals surface area contributed by atoms with Gasteiger partial charge in [0.2, 0.25) is 0 Å². The summed E-state index contributed by atoms with van der Waals surface area (Å²) in [6.07, 6.45) is -12.2. The molecule has 42 heavy (non-hydrogen) atoms. The van der Waals surface area contributed by atoms with Gasteiger partial charge in [-0.05, 0) is 60.8 Å². The van der Waals surface area contributed by atoms with Crippen LogP contribution in [0.25, 0.3) is 0 Å². The number of halogens is 9. The molecular weight excluding hydrogens is 601 g/mol. The predicted molar refractivity (Wildman–Crippen MR) is 134 cm³/mol. The van der Waals surface area contributed by atoms with Crippen LogP contribution in [0, 0.1) is 17.5 Å². The van der Waals surface area contributed by atoms with Crippen LogP contribution in [0.15, 0.2) is 65.6 Å². The average Bonchev–Trinajstić information content (AvgIpc) is 3.41. The maximum absolute atomic E-state index is 14.3. The van der Waals surface area contributed by atoms with Gasteiger partial charge < -0.3 is 10.1 Å². The lowest BCUT2D eigenvalue weighted by Gasteiger charge is -2.38. The Hall–Kier alpha value is -3.10. The summed E-state index contributed by atoms with van der Waals surface area (Å²) in [6.45, 7) is -0.169. The standard InChI is InChI=1S/C28H24F9NO3S/c1-2-17-14-20(10-11-22(17)29)42(39,40)25(12-13-38-16-25)18-6-8-19(9-7-18)26(27(32,33)34,28(35,36)37)41-15-21-23(30)4-3-5-24(21)31/h3-11,14,38H,2,12-13,15-16H2,1H3. The lowest BCUT2D eigenvalue weighted by molar-refractivity contribution is -0.392. The van der Waals surface area contributed by atoms with Crippen molar-refractivity contribution < 1.29 is 52.7 Å². The fourth-order valence-electron chi connectivity index (χ4n) is 5.11. The lowest BCUT2D eigenvalue weighted by Crippen LogP contribution is -2.56. The number of aryl methyl sites for hydroxylation is 1. The summed E-state index contributed by atoms with van der Waals surface area (Å²) in [4.78, 5) is -0.260. The van der Waals surface area contributed by atoms with Crippen molar-refractivity contribution in [1.29, 1.82) is 0 Å². The van der Waals surface area contributed by atoms with Crippen molar-refractivity contribution in [2.24, 2.45) is 0 Å². The Morgan fingerprint density at radius 2 is 1.45 bits per heavy atom. The van der Waals surface area contributed by atoms with Crippen molar-refractivity contribution in [3.63, 3.8) is 0 Å². The molecule has 1 N–H and O–H groups in total. The molecule has 1 aliphatic rings. The highest BCUT2D eigenvalue weighted by atomic mass is 32.2. The summed E-state index contributed by atoms with van der Waals surface area (Å²) < 4.78 is 158. The summed E-state index contributed by atoms with van der Waals surface area (Å²) in [6, 6.07) is 7.87. The molecule has 1 unspecified atom stereocenters. The van der Waals surface area contributed by atoms with Crippen LogP contribution in [0.5, 0.6) is 0 Å². The smallest absolute Gasteiger partial charge is 0.349 e. The van der Waals surface area contributed by atoms with Gasteiger partial charge >= 0.3 is 12.4 Å². The molecule has 4 nitrogen and oxygen atoms in total. The van der Waals surface area contributed by atoms with Crippen molar-refractivity contribution >= 4 is 9.84 Å². The van der Waals surface area contributed by atoms with E-state index >= 15 is 0 Å². The second-order valence-electron chi connectivity index (χ2n) is 9.77. The van der Waals surface area contributed by atoms with E-state index in [1.807, 2.05) is 0 Å². The Kier molecular flexibility index (Phi) is 8.48. The number of ether oxygens (including phenoxy) is 1. The second kappa shape index (κ2) is 11.2. The molecule has 1 heterocycles. The number of nitrogens with one attached hydrogen (secondary N) is 1. The van der Waals surface area contributed by atoms with Crippen molar-refractivity contribution in [2.75, 3.05) is 13.1 Å². The average molecular weight is 626 g/mol. The number of alkyl halides is 6. The third-order valence-corrected chi connectivity index (χ3v) is 9.94. The quantitative estimate of drug-likeness (QED) is 0.220. The van der Waals surface area contributed by atoms with Crippen LogP contribution in [0.2, 0.25) is 0 Å². The van der Waals surface area contributed by atoms with Gasteiger partial charge in [-0.1, -0.05) is 37.3 Å². The van der Waals surface area contributed by atoms with Crippen molar-refractivity contribution in [1.82, 2.24) is 5.32 Å². The van der Waals surface area contributed by atoms with Gasteiger partial charge in [-0.2, -0.15) is 26.3 Å². The van der Waals surface area contributed by atoms with Crippen LogP contribution < -0.4 is 5.32 Å². The molecule has 1 aliphatic heterocycles. The first kappa shape index (κ1) is 31.8. The first-order valence-corrected chi connectivity index (χ1v) is 14.1. The lowest BCUT2D eigenvalue weighted by atomic mass is 9.88. The Morgan fingerprint density at radius 3 is 1.95 bits per heavy atom. The summed E-state index contributed by atoms with van der Waals surface area (Å²) in [5, 5.41) is 2.86. The van der Waals surface area contributed by atoms with Crippen molar-refractivity contribution in [3.8, 4) is 0 Å². The summed E-state index contributed by atoms with van der Waals surface area (Å²) >= 11 is 0. The van der Waals surface area contributed by atoms with Gasteiger partial charge in [0.15, 0.2) is 9.84 Å². The van der Waals surface area contributed by atoms with Gasteiger partial charge in [0, 0.05) is 17.7 Å². The molecule has 1 saturated heterocycles. The van der Waals surface area contributed by atoms with E-state index in [0.717, 1.165) is 36.4 Å². The second-order valence-corrected chi connectivity index (χ2v) is 12.0. The number of hydrogen-bond donors (Lipinski definition) is 1. The van der Waals surface area contributed by atoms with E-state index in [4.69, 9.17) is 0 Å². The molecule has 1 fully saturated rings. The number of hydrogen-bond acceptors (Lipinski definition) is 4. The summed E-state index contributed by atoms with van der Waals surface area (Å²) in [5.41, 5.74) is -7.63. The third kappa shape index (κ3) is 5.17. The Labute approximate surface area is 235 Å². The van der Waals surface area contributed by atoms with E-state index in [0.29, 0.717) is 24.3 Å². The molecule has 3 aromatic rings. The van der Waals surface area contributed by atoms with Crippen LogP contribution in [0.3, 0.4) is 0 Å². The van der Waals surface area contributed by atoms with E-state index in [9.17, 15) is 47.9 Å². The van der Waals surface area contributed by atoms with Gasteiger partial charge in [-0.15, -0.1) is 0 Å². The SMILES string of the molecule is CCc1cc(S(=O)(=O)C2(c3ccc(C(OCc4c(F)cccc4F)(C(F)(F)F)C(F)(F)F)cc3)CCNC2)ccc1F. The largest absolute Gasteiger partial charge is 0.430 e. The zero-order valence-electron chi connectivity index (χ0n) is 21.8. The molecule has 228 valence electrons. The van der Waals surface area contributed by atoms with Gasteiger partial charge in [-0.3, -0.25) is 0 Å². The molecule has 0 saturated carbocycles. The molecule has 0 spiro atoms. The normalized spacial score (nSPS) is 18.4. The Balaban J connectivity index is 1.82. The highest BCUT2D eigenvalue weighted by Crippen LogP contribution is 2.54. The maximum Gasteiger partial charge on any atom is 0.430 e.